The van der Waals surface area contributed by atoms with E-state index >= 15 is 0 Å². The van der Waals surface area contributed by atoms with Crippen LogP contribution in [0.15, 0.2) is 41.4 Å². The summed E-state index contributed by atoms with van der Waals surface area (Å²) < 4.78 is 17.3. The minimum Gasteiger partial charge on any atom is -0.507 e. The Morgan fingerprint density at radius 3 is 2.58 bits per heavy atom. The molecular formula is C28H40N4O5S. The fourth-order valence-electron chi connectivity index (χ4n) is 5.06. The van der Waals surface area contributed by atoms with E-state index in [4.69, 9.17) is 4.74 Å². The van der Waals surface area contributed by atoms with E-state index < -0.39 is 16.9 Å². The topological polar surface area (TPSA) is 124 Å². The Labute approximate surface area is 227 Å². The number of hydrogen-bond donors (Lipinski definition) is 4. The number of piperidine rings is 1. The summed E-state index contributed by atoms with van der Waals surface area (Å²) in [6.07, 6.45) is 10.2. The van der Waals surface area contributed by atoms with Gasteiger partial charge in [0.2, 0.25) is 0 Å². The van der Waals surface area contributed by atoms with Gasteiger partial charge in [0.1, 0.15) is 24.2 Å². The lowest BCUT2D eigenvalue weighted by Gasteiger charge is -2.32. The van der Waals surface area contributed by atoms with Crippen molar-refractivity contribution in [1.29, 1.82) is 0 Å². The van der Waals surface area contributed by atoms with Gasteiger partial charge in [-0.05, 0) is 56.0 Å². The number of likely N-dealkylation sites (tertiary alicyclic amines) is 1. The maximum atomic E-state index is 12.5. The summed E-state index contributed by atoms with van der Waals surface area (Å²) in [4.78, 5) is 19.7. The fourth-order valence-corrected chi connectivity index (χ4v) is 5.71. The lowest BCUT2D eigenvalue weighted by atomic mass is 9.95. The van der Waals surface area contributed by atoms with Crippen LogP contribution in [0.25, 0.3) is 0 Å². The van der Waals surface area contributed by atoms with Crippen molar-refractivity contribution in [3.8, 4) is 11.5 Å². The van der Waals surface area contributed by atoms with E-state index in [0.717, 1.165) is 51.0 Å². The highest BCUT2D eigenvalue weighted by Crippen LogP contribution is 2.25. The molecule has 2 atom stereocenters. The van der Waals surface area contributed by atoms with Crippen molar-refractivity contribution in [2.75, 3.05) is 32.5 Å². The van der Waals surface area contributed by atoms with Crippen LogP contribution in [-0.2, 0) is 17.3 Å². The number of aromatic nitrogens is 1. The molecule has 0 radical (unpaired) electrons. The first-order chi connectivity index (χ1) is 18.4. The Kier molecular flexibility index (Phi) is 10.5. The number of hydrogen-bond acceptors (Lipinski definition) is 8. The highest BCUT2D eigenvalue weighted by molar-refractivity contribution is 7.84. The van der Waals surface area contributed by atoms with E-state index in [1.807, 2.05) is 12.1 Å². The molecular weight excluding hydrogens is 504 g/mol. The molecule has 2 heterocycles. The van der Waals surface area contributed by atoms with E-state index in [-0.39, 0.29) is 18.3 Å². The molecule has 1 saturated carbocycles. The van der Waals surface area contributed by atoms with Gasteiger partial charge in [0.15, 0.2) is 0 Å². The maximum Gasteiger partial charge on any atom is 0.253 e. The van der Waals surface area contributed by atoms with Crippen molar-refractivity contribution >= 4 is 16.7 Å². The van der Waals surface area contributed by atoms with Crippen molar-refractivity contribution in [2.24, 2.45) is 0 Å². The van der Waals surface area contributed by atoms with Crippen LogP contribution in [0, 0.1) is 0 Å². The van der Waals surface area contributed by atoms with Gasteiger partial charge >= 0.3 is 0 Å². The first kappa shape index (κ1) is 28.5. The highest BCUT2D eigenvalue weighted by Gasteiger charge is 2.21. The number of pyridine rings is 1. The van der Waals surface area contributed by atoms with Gasteiger partial charge in [-0.15, -0.1) is 0 Å². The number of aromatic hydroxyl groups is 1. The normalized spacial score (nSPS) is 19.1. The molecule has 1 amide bonds. The molecule has 1 aliphatic heterocycles. The third kappa shape index (κ3) is 8.49. The zero-order valence-corrected chi connectivity index (χ0v) is 22.9. The summed E-state index contributed by atoms with van der Waals surface area (Å²) in [6.45, 7) is 3.14. The third-order valence-corrected chi connectivity index (χ3v) is 8.27. The van der Waals surface area contributed by atoms with Crippen LogP contribution < -0.4 is 15.4 Å². The van der Waals surface area contributed by atoms with Gasteiger partial charge in [0.05, 0.1) is 27.0 Å². The first-order valence-corrected chi connectivity index (χ1v) is 15.1. The van der Waals surface area contributed by atoms with Crippen LogP contribution in [0.4, 0.5) is 0 Å². The second-order valence-corrected chi connectivity index (χ2v) is 11.7. The zero-order chi connectivity index (χ0) is 26.9. The van der Waals surface area contributed by atoms with Gasteiger partial charge in [-0.1, -0.05) is 19.3 Å². The Morgan fingerprint density at radius 2 is 1.89 bits per heavy atom. The molecule has 2 aliphatic rings. The van der Waals surface area contributed by atoms with Gasteiger partial charge in [-0.3, -0.25) is 18.9 Å². The van der Waals surface area contributed by atoms with Crippen LogP contribution >= 0.6 is 0 Å². The molecule has 2 aromatic rings. The SMILES string of the molecule is CS(=O)c1cc(OCC(O)CNC2CCN(Cc3ccc(C(=O)NC4CCCCC4)cn3)CC2)ccc1O. The monoisotopic (exact) mass is 544 g/mol. The second-order valence-electron chi connectivity index (χ2n) is 10.4. The summed E-state index contributed by atoms with van der Waals surface area (Å²) >= 11 is 0. The van der Waals surface area contributed by atoms with Crippen LogP contribution in [0.1, 0.15) is 61.0 Å². The lowest BCUT2D eigenvalue weighted by molar-refractivity contribution is 0.0927. The van der Waals surface area contributed by atoms with Crippen molar-refractivity contribution in [2.45, 2.75) is 74.6 Å². The van der Waals surface area contributed by atoms with E-state index in [2.05, 4.69) is 20.5 Å². The summed E-state index contributed by atoms with van der Waals surface area (Å²) in [5.41, 5.74) is 1.58. The first-order valence-electron chi connectivity index (χ1n) is 13.6. The van der Waals surface area contributed by atoms with Gasteiger partial charge in [0.25, 0.3) is 5.91 Å². The molecule has 1 aromatic carbocycles. The molecule has 4 rings (SSSR count). The van der Waals surface area contributed by atoms with E-state index in [1.165, 1.54) is 37.7 Å². The van der Waals surface area contributed by atoms with E-state index in [9.17, 15) is 19.2 Å². The third-order valence-electron chi connectivity index (χ3n) is 7.33. The number of phenolic OH excluding ortho intramolecular Hbond substituents is 1. The molecule has 10 heteroatoms. The van der Waals surface area contributed by atoms with Crippen molar-refractivity contribution in [3.63, 3.8) is 0 Å². The number of ether oxygens (including phenoxy) is 1. The molecule has 1 saturated heterocycles. The molecule has 208 valence electrons. The van der Waals surface area contributed by atoms with E-state index in [1.54, 1.807) is 12.3 Å². The zero-order valence-electron chi connectivity index (χ0n) is 22.1. The number of nitrogens with zero attached hydrogens (tertiary/aromatic N) is 2. The highest BCUT2D eigenvalue weighted by atomic mass is 32.2. The number of aliphatic hydroxyl groups excluding tert-OH is 1. The van der Waals surface area contributed by atoms with Gasteiger partial charge in [-0.25, -0.2) is 0 Å². The number of nitrogens with one attached hydrogen (secondary N) is 2. The molecule has 9 nitrogen and oxygen atoms in total. The van der Waals surface area contributed by atoms with Crippen molar-refractivity contribution < 1.29 is 24.0 Å². The number of aliphatic hydroxyl groups is 1. The molecule has 1 aliphatic carbocycles. The number of rotatable bonds is 11. The van der Waals surface area contributed by atoms with Gasteiger partial charge < -0.3 is 25.6 Å². The second kappa shape index (κ2) is 14.0. The Bertz CT molecular complexity index is 1070. The minimum absolute atomic E-state index is 0.0272. The largest absolute Gasteiger partial charge is 0.507 e. The Balaban J connectivity index is 1.13. The standard InChI is InChI=1S/C28H40N4O5S/c1-38(36)27-15-25(9-10-26(27)34)37-19-24(33)17-30-21-11-13-32(14-12-21)18-23-8-7-20(16-29-23)28(35)31-22-5-3-2-4-6-22/h7-10,15-16,21-22,24,30,33-34H,2-6,11-14,17-19H2,1H3,(H,31,35). The quantitative estimate of drug-likeness (QED) is 0.340. The van der Waals surface area contributed by atoms with Crippen molar-refractivity contribution in [3.05, 3.63) is 47.8 Å². The van der Waals surface area contributed by atoms with Gasteiger partial charge in [0, 0.05) is 50.7 Å². The van der Waals surface area contributed by atoms with Crippen molar-refractivity contribution in [1.82, 2.24) is 20.5 Å². The number of phenols is 1. The number of carbonyl (C=O) groups excluding carboxylic acids is 1. The maximum absolute atomic E-state index is 12.5. The molecule has 2 fully saturated rings. The molecule has 0 bridgehead atoms. The number of carbonyl (C=O) groups is 1. The fraction of sp³-hybridized carbons (Fsp3) is 0.571. The average Bonchev–Trinajstić information content (AvgIpc) is 2.93. The van der Waals surface area contributed by atoms with Crippen LogP contribution in [0.2, 0.25) is 0 Å². The van der Waals surface area contributed by atoms with Crippen LogP contribution in [0.3, 0.4) is 0 Å². The van der Waals surface area contributed by atoms with E-state index in [0.29, 0.717) is 34.8 Å². The summed E-state index contributed by atoms with van der Waals surface area (Å²) in [5.74, 6) is 0.407. The Morgan fingerprint density at radius 1 is 1.13 bits per heavy atom. The summed E-state index contributed by atoms with van der Waals surface area (Å²) in [5, 5.41) is 26.7. The van der Waals surface area contributed by atoms with Crippen LogP contribution in [-0.4, -0.2) is 80.9 Å². The molecule has 4 N–H and O–H groups in total. The molecule has 2 unspecified atom stereocenters. The average molecular weight is 545 g/mol. The Hall–Kier alpha value is -2.53. The molecule has 0 spiro atoms. The van der Waals surface area contributed by atoms with Crippen LogP contribution in [0.5, 0.6) is 11.5 Å². The molecule has 38 heavy (non-hydrogen) atoms. The van der Waals surface area contributed by atoms with Gasteiger partial charge in [-0.2, -0.15) is 0 Å². The summed E-state index contributed by atoms with van der Waals surface area (Å²) in [7, 11) is -1.32. The lowest BCUT2D eigenvalue weighted by Crippen LogP contribution is -2.45. The predicted molar refractivity (Wildman–Crippen MR) is 147 cm³/mol. The molecule has 1 aromatic heterocycles. The predicted octanol–water partition coefficient (Wildman–Crippen LogP) is 2.58. The minimum atomic E-state index is -1.32. The number of amides is 1. The smallest absolute Gasteiger partial charge is 0.253 e. The number of benzene rings is 1. The summed E-state index contributed by atoms with van der Waals surface area (Å²) in [6, 6.07) is 9.02.